The van der Waals surface area contributed by atoms with E-state index in [-0.39, 0.29) is 0 Å². The average molecular weight is 287 g/mol. The Hall–Kier alpha value is -0.760. The van der Waals surface area contributed by atoms with E-state index in [1.807, 2.05) is 12.5 Å². The average Bonchev–Trinajstić information content (AvgIpc) is 2.94. The van der Waals surface area contributed by atoms with Crippen LogP contribution in [0.4, 0.5) is 0 Å². The van der Waals surface area contributed by atoms with Gasteiger partial charge in [-0.2, -0.15) is 0 Å². The number of rotatable bonds is 6. The largest absolute Gasteiger partial charge is 0.472 e. The molecule has 2 nitrogen and oxygen atoms in total. The fourth-order valence-corrected chi connectivity index (χ4v) is 6.07. The van der Waals surface area contributed by atoms with Crippen LogP contribution in [0, 0.1) is 23.2 Å². The molecule has 1 heterocycles. The minimum atomic E-state index is 0.585. The highest BCUT2D eigenvalue weighted by Crippen LogP contribution is 2.61. The third-order valence-corrected chi connectivity index (χ3v) is 6.49. The van der Waals surface area contributed by atoms with Crippen LogP contribution >= 0.6 is 0 Å². The van der Waals surface area contributed by atoms with Gasteiger partial charge in [0.05, 0.1) is 12.5 Å². The van der Waals surface area contributed by atoms with Crippen LogP contribution in [-0.4, -0.2) is 12.6 Å². The predicted molar refractivity (Wildman–Crippen MR) is 85.1 cm³/mol. The van der Waals surface area contributed by atoms with E-state index in [0.29, 0.717) is 11.5 Å². The van der Waals surface area contributed by atoms with Crippen molar-refractivity contribution in [3.05, 3.63) is 24.2 Å². The first-order valence-corrected chi connectivity index (χ1v) is 9.02. The Balaban J connectivity index is 1.56. The summed E-state index contributed by atoms with van der Waals surface area (Å²) in [4.78, 5) is 0. The Labute approximate surface area is 128 Å². The van der Waals surface area contributed by atoms with Crippen LogP contribution in [0.1, 0.15) is 57.4 Å². The zero-order chi connectivity index (χ0) is 14.3. The molecule has 1 atom stereocenters. The summed E-state index contributed by atoms with van der Waals surface area (Å²) in [5.41, 5.74) is 1.96. The van der Waals surface area contributed by atoms with E-state index in [9.17, 15) is 0 Å². The molecule has 0 saturated heterocycles. The van der Waals surface area contributed by atoms with Crippen molar-refractivity contribution >= 4 is 0 Å². The predicted octanol–water partition coefficient (Wildman–Crippen LogP) is 4.41. The van der Waals surface area contributed by atoms with Crippen LogP contribution in [0.25, 0.3) is 0 Å². The SMILES string of the molecule is CCCNC(Cc1ccoc1)C12CC3CC(CC(C3)C1)C2. The molecule has 4 bridgehead atoms. The summed E-state index contributed by atoms with van der Waals surface area (Å²) in [6.45, 7) is 3.44. The summed E-state index contributed by atoms with van der Waals surface area (Å²) in [5, 5.41) is 3.92. The van der Waals surface area contributed by atoms with Crippen molar-refractivity contribution in [2.24, 2.45) is 23.2 Å². The van der Waals surface area contributed by atoms with Crippen molar-refractivity contribution < 1.29 is 4.42 Å². The van der Waals surface area contributed by atoms with Crippen molar-refractivity contribution in [2.45, 2.75) is 64.3 Å². The van der Waals surface area contributed by atoms with Gasteiger partial charge in [0, 0.05) is 6.04 Å². The van der Waals surface area contributed by atoms with Crippen LogP contribution in [0.2, 0.25) is 0 Å². The summed E-state index contributed by atoms with van der Waals surface area (Å²) in [6, 6.07) is 2.81. The molecule has 4 aliphatic carbocycles. The molecule has 2 heteroatoms. The first kappa shape index (κ1) is 13.9. The molecule has 1 aromatic heterocycles. The van der Waals surface area contributed by atoms with Crippen LogP contribution in [-0.2, 0) is 6.42 Å². The lowest BCUT2D eigenvalue weighted by atomic mass is 9.47. The molecule has 4 fully saturated rings. The summed E-state index contributed by atoms with van der Waals surface area (Å²) in [7, 11) is 0. The maximum absolute atomic E-state index is 5.31. The first-order chi connectivity index (χ1) is 10.3. The summed E-state index contributed by atoms with van der Waals surface area (Å²) >= 11 is 0. The first-order valence-electron chi connectivity index (χ1n) is 9.02. The van der Waals surface area contributed by atoms with Crippen molar-refractivity contribution in [2.75, 3.05) is 6.54 Å². The van der Waals surface area contributed by atoms with Gasteiger partial charge < -0.3 is 9.73 Å². The van der Waals surface area contributed by atoms with Gasteiger partial charge in [-0.25, -0.2) is 0 Å². The zero-order valence-electron chi connectivity index (χ0n) is 13.3. The van der Waals surface area contributed by atoms with E-state index in [1.54, 1.807) is 0 Å². The monoisotopic (exact) mass is 287 g/mol. The Morgan fingerprint density at radius 1 is 1.19 bits per heavy atom. The molecular formula is C19H29NO. The number of hydrogen-bond donors (Lipinski definition) is 1. The highest BCUT2D eigenvalue weighted by Gasteiger charge is 2.53. The number of hydrogen-bond acceptors (Lipinski definition) is 2. The molecule has 0 aromatic carbocycles. The molecular weight excluding hydrogens is 258 g/mol. The van der Waals surface area contributed by atoms with E-state index in [1.165, 1.54) is 50.5 Å². The molecule has 0 spiro atoms. The Kier molecular flexibility index (Phi) is 3.61. The third kappa shape index (κ3) is 2.56. The van der Waals surface area contributed by atoms with Gasteiger partial charge in [0.15, 0.2) is 0 Å². The smallest absolute Gasteiger partial charge is 0.0935 e. The lowest BCUT2D eigenvalue weighted by Crippen LogP contribution is -2.56. The van der Waals surface area contributed by atoms with Crippen LogP contribution in [0.3, 0.4) is 0 Å². The molecule has 116 valence electrons. The van der Waals surface area contributed by atoms with Crippen molar-refractivity contribution in [1.82, 2.24) is 5.32 Å². The second kappa shape index (κ2) is 5.46. The van der Waals surface area contributed by atoms with Crippen LogP contribution in [0.5, 0.6) is 0 Å². The Bertz CT molecular complexity index is 429. The molecule has 0 amide bonds. The van der Waals surface area contributed by atoms with E-state index in [2.05, 4.69) is 18.3 Å². The van der Waals surface area contributed by atoms with Gasteiger partial charge in [-0.1, -0.05) is 6.92 Å². The lowest BCUT2D eigenvalue weighted by Gasteiger charge is -2.59. The van der Waals surface area contributed by atoms with Crippen molar-refractivity contribution in [1.29, 1.82) is 0 Å². The maximum Gasteiger partial charge on any atom is 0.0935 e. The van der Waals surface area contributed by atoms with Gasteiger partial charge in [0.25, 0.3) is 0 Å². The summed E-state index contributed by atoms with van der Waals surface area (Å²) < 4.78 is 5.31. The number of nitrogens with one attached hydrogen (secondary N) is 1. The highest BCUT2D eigenvalue weighted by molar-refractivity contribution is 5.13. The van der Waals surface area contributed by atoms with Crippen LogP contribution < -0.4 is 5.32 Å². The molecule has 1 aromatic rings. The van der Waals surface area contributed by atoms with Gasteiger partial charge in [0.2, 0.25) is 0 Å². The number of furan rings is 1. The third-order valence-electron chi connectivity index (χ3n) is 6.49. The second-order valence-electron chi connectivity index (χ2n) is 8.12. The maximum atomic E-state index is 5.31. The fraction of sp³-hybridized carbons (Fsp3) is 0.789. The lowest BCUT2D eigenvalue weighted by molar-refractivity contribution is -0.0736. The molecule has 4 aliphatic rings. The van der Waals surface area contributed by atoms with Crippen molar-refractivity contribution in [3.8, 4) is 0 Å². The van der Waals surface area contributed by atoms with Gasteiger partial charge in [-0.3, -0.25) is 0 Å². The normalized spacial score (nSPS) is 38.8. The van der Waals surface area contributed by atoms with Crippen LogP contribution in [0.15, 0.2) is 23.0 Å². The van der Waals surface area contributed by atoms with Crippen molar-refractivity contribution in [3.63, 3.8) is 0 Å². The van der Waals surface area contributed by atoms with Gasteiger partial charge in [-0.15, -0.1) is 0 Å². The zero-order valence-corrected chi connectivity index (χ0v) is 13.3. The second-order valence-corrected chi connectivity index (χ2v) is 8.12. The van der Waals surface area contributed by atoms with E-state index in [0.717, 1.165) is 30.7 Å². The molecule has 4 saturated carbocycles. The molecule has 0 aliphatic heterocycles. The molecule has 5 rings (SSSR count). The Morgan fingerprint density at radius 3 is 2.38 bits per heavy atom. The topological polar surface area (TPSA) is 25.2 Å². The highest BCUT2D eigenvalue weighted by atomic mass is 16.3. The molecule has 21 heavy (non-hydrogen) atoms. The quantitative estimate of drug-likeness (QED) is 0.838. The minimum absolute atomic E-state index is 0.585. The summed E-state index contributed by atoms with van der Waals surface area (Å²) in [6.07, 6.45) is 15.2. The van der Waals surface area contributed by atoms with E-state index in [4.69, 9.17) is 4.42 Å². The molecule has 1 unspecified atom stereocenters. The fourth-order valence-electron chi connectivity index (χ4n) is 6.07. The van der Waals surface area contributed by atoms with E-state index >= 15 is 0 Å². The van der Waals surface area contributed by atoms with Gasteiger partial charge in [-0.05, 0) is 92.7 Å². The summed E-state index contributed by atoms with van der Waals surface area (Å²) in [5.74, 6) is 3.10. The molecule has 0 radical (unpaired) electrons. The Morgan fingerprint density at radius 2 is 1.86 bits per heavy atom. The van der Waals surface area contributed by atoms with Gasteiger partial charge in [0.1, 0.15) is 0 Å². The molecule has 1 N–H and O–H groups in total. The standard InChI is InChI=1S/C19H29NO/c1-2-4-20-18(9-14-3-5-21-13-14)19-10-15-6-16(11-19)8-17(7-15)12-19/h3,5,13,15-18,20H,2,4,6-12H2,1H3. The van der Waals surface area contributed by atoms with Gasteiger partial charge >= 0.3 is 0 Å². The minimum Gasteiger partial charge on any atom is -0.472 e. The van der Waals surface area contributed by atoms with E-state index < -0.39 is 0 Å².